The predicted molar refractivity (Wildman–Crippen MR) is 49.2 cm³/mol. The molecule has 0 aromatic rings. The Balaban J connectivity index is 2.16. The number of halogens is 2. The van der Waals surface area contributed by atoms with Crippen LogP contribution in [-0.2, 0) is 4.74 Å². The minimum Gasteiger partial charge on any atom is -0.373 e. The summed E-state index contributed by atoms with van der Waals surface area (Å²) in [6, 6.07) is 0. The second kappa shape index (κ2) is 4.18. The summed E-state index contributed by atoms with van der Waals surface area (Å²) in [5.74, 6) is 2.81. The summed E-state index contributed by atoms with van der Waals surface area (Å²) in [6.07, 6.45) is -0.0654. The fraction of sp³-hybridized carbons (Fsp3) is 0.875. The number of amidine groups is 1. The summed E-state index contributed by atoms with van der Waals surface area (Å²) >= 11 is 0. The Morgan fingerprint density at radius 2 is 2.29 bits per heavy atom. The molecule has 0 spiro atoms. The minimum atomic E-state index is -2.52. The van der Waals surface area contributed by atoms with E-state index < -0.39 is 11.8 Å². The van der Waals surface area contributed by atoms with Gasteiger partial charge in [0.2, 0.25) is 0 Å². The lowest BCUT2D eigenvalue weighted by Gasteiger charge is -2.14. The number of hydrazine groups is 1. The Kier molecular flexibility index (Phi) is 3.38. The first-order valence-electron chi connectivity index (χ1n) is 4.37. The third-order valence-electron chi connectivity index (χ3n) is 2.17. The van der Waals surface area contributed by atoms with Crippen molar-refractivity contribution in [3.8, 4) is 0 Å². The van der Waals surface area contributed by atoms with Gasteiger partial charge < -0.3 is 4.74 Å². The fourth-order valence-corrected chi connectivity index (χ4v) is 1.07. The Bertz CT molecular complexity index is 231. The van der Waals surface area contributed by atoms with Crippen molar-refractivity contribution in [2.24, 2.45) is 16.8 Å². The summed E-state index contributed by atoms with van der Waals surface area (Å²) in [7, 11) is 3.20. The van der Waals surface area contributed by atoms with Crippen LogP contribution >= 0.6 is 0 Å². The molecule has 0 saturated heterocycles. The average Bonchev–Trinajstić information content (AvgIpc) is 2.67. The molecule has 0 aromatic carbocycles. The van der Waals surface area contributed by atoms with Crippen molar-refractivity contribution >= 4 is 5.84 Å². The topological polar surface area (TPSA) is 50.8 Å². The second-order valence-corrected chi connectivity index (χ2v) is 3.43. The number of ether oxygens (including phenoxy) is 1. The van der Waals surface area contributed by atoms with E-state index in [4.69, 9.17) is 10.6 Å². The maximum atomic E-state index is 12.4. The molecule has 2 N–H and O–H groups in total. The van der Waals surface area contributed by atoms with E-state index in [0.717, 1.165) is 0 Å². The van der Waals surface area contributed by atoms with Crippen molar-refractivity contribution in [3.05, 3.63) is 0 Å². The number of nitrogens with two attached hydrogens (primary N) is 1. The highest BCUT2D eigenvalue weighted by Gasteiger charge is 2.56. The van der Waals surface area contributed by atoms with E-state index in [1.165, 1.54) is 5.01 Å². The molecule has 6 heteroatoms. The number of alkyl halides is 2. The van der Waals surface area contributed by atoms with Gasteiger partial charge in [-0.15, -0.1) is 0 Å². The highest BCUT2D eigenvalue weighted by molar-refractivity contribution is 5.82. The normalized spacial score (nSPS) is 24.9. The molecule has 0 radical (unpaired) electrons. The molecule has 0 heterocycles. The van der Waals surface area contributed by atoms with Crippen LogP contribution in [0.5, 0.6) is 0 Å². The van der Waals surface area contributed by atoms with Crippen molar-refractivity contribution in [2.75, 3.05) is 27.3 Å². The van der Waals surface area contributed by atoms with Crippen LogP contribution in [0.1, 0.15) is 6.42 Å². The number of aliphatic imine (C=N–C) groups is 1. The van der Waals surface area contributed by atoms with Crippen molar-refractivity contribution in [1.82, 2.24) is 5.01 Å². The van der Waals surface area contributed by atoms with Gasteiger partial charge in [-0.1, -0.05) is 0 Å². The zero-order valence-electron chi connectivity index (χ0n) is 8.33. The highest BCUT2D eigenvalue weighted by Crippen LogP contribution is 2.48. The van der Waals surface area contributed by atoms with Gasteiger partial charge in [0.05, 0.1) is 12.5 Å². The lowest BCUT2D eigenvalue weighted by Crippen LogP contribution is -2.36. The molecule has 0 aliphatic heterocycles. The zero-order valence-corrected chi connectivity index (χ0v) is 8.33. The van der Waals surface area contributed by atoms with Gasteiger partial charge in [-0.05, 0) is 0 Å². The van der Waals surface area contributed by atoms with Gasteiger partial charge >= 0.3 is 0 Å². The molecular weight excluding hydrogens is 192 g/mol. The number of likely N-dealkylation sites (N-methyl/N-ethyl adjacent to an activating group) is 1. The first-order valence-corrected chi connectivity index (χ1v) is 4.37. The van der Waals surface area contributed by atoms with Gasteiger partial charge in [-0.25, -0.2) is 14.6 Å². The summed E-state index contributed by atoms with van der Waals surface area (Å²) in [5.41, 5.74) is 0. The third kappa shape index (κ3) is 2.88. The number of hydrogen-bond donors (Lipinski definition) is 1. The molecule has 1 unspecified atom stereocenters. The van der Waals surface area contributed by atoms with Gasteiger partial charge in [0, 0.05) is 20.5 Å². The first-order chi connectivity index (χ1) is 6.47. The molecule has 4 nitrogen and oxygen atoms in total. The van der Waals surface area contributed by atoms with Crippen molar-refractivity contribution in [3.63, 3.8) is 0 Å². The van der Waals surface area contributed by atoms with Crippen LogP contribution < -0.4 is 5.84 Å². The van der Waals surface area contributed by atoms with Gasteiger partial charge in [0.15, 0.2) is 0 Å². The quantitative estimate of drug-likeness (QED) is 0.316. The van der Waals surface area contributed by atoms with Crippen LogP contribution in [0.2, 0.25) is 0 Å². The van der Waals surface area contributed by atoms with Crippen molar-refractivity contribution in [1.29, 1.82) is 0 Å². The smallest absolute Gasteiger partial charge is 0.253 e. The van der Waals surface area contributed by atoms with Crippen LogP contribution in [0.3, 0.4) is 0 Å². The van der Waals surface area contributed by atoms with E-state index in [1.807, 2.05) is 0 Å². The minimum absolute atomic E-state index is 0.0654. The Morgan fingerprint density at radius 3 is 2.64 bits per heavy atom. The number of nitrogens with zero attached hydrogens (tertiary/aromatic N) is 2. The number of rotatable bonds is 4. The van der Waals surface area contributed by atoms with E-state index in [-0.39, 0.29) is 19.6 Å². The Morgan fingerprint density at radius 1 is 1.71 bits per heavy atom. The third-order valence-corrected chi connectivity index (χ3v) is 2.17. The summed E-state index contributed by atoms with van der Waals surface area (Å²) in [5, 5.41) is 1.31. The molecule has 1 aliphatic rings. The molecule has 1 atom stereocenters. The van der Waals surface area contributed by atoms with Crippen LogP contribution in [0.25, 0.3) is 0 Å². The zero-order chi connectivity index (χ0) is 10.8. The monoisotopic (exact) mass is 207 g/mol. The van der Waals surface area contributed by atoms with E-state index in [0.29, 0.717) is 5.84 Å². The Hall–Kier alpha value is -0.750. The van der Waals surface area contributed by atoms with E-state index in [2.05, 4.69) is 4.99 Å². The average molecular weight is 207 g/mol. The van der Waals surface area contributed by atoms with Crippen LogP contribution in [-0.4, -0.2) is 44.1 Å². The molecule has 82 valence electrons. The molecular formula is C8H15F2N3O. The van der Waals surface area contributed by atoms with Gasteiger partial charge in [0.25, 0.3) is 5.92 Å². The molecule has 0 aromatic heterocycles. The molecule has 1 aliphatic carbocycles. The summed E-state index contributed by atoms with van der Waals surface area (Å²) < 4.78 is 29.9. The fourth-order valence-electron chi connectivity index (χ4n) is 1.07. The second-order valence-electron chi connectivity index (χ2n) is 3.43. The van der Waals surface area contributed by atoms with Crippen LogP contribution in [0, 0.1) is 5.92 Å². The van der Waals surface area contributed by atoms with Gasteiger partial charge in [0.1, 0.15) is 12.4 Å². The molecule has 1 fully saturated rings. The maximum Gasteiger partial charge on any atom is 0.253 e. The molecule has 14 heavy (non-hydrogen) atoms. The highest BCUT2D eigenvalue weighted by atomic mass is 19.3. The van der Waals surface area contributed by atoms with Gasteiger partial charge in [-0.2, -0.15) is 0 Å². The lowest BCUT2D eigenvalue weighted by atomic mass is 10.4. The Labute approximate surface area is 81.7 Å². The molecule has 0 bridgehead atoms. The molecule has 1 rings (SSSR count). The van der Waals surface area contributed by atoms with E-state index in [9.17, 15) is 8.78 Å². The van der Waals surface area contributed by atoms with E-state index in [1.54, 1.807) is 14.1 Å². The summed E-state index contributed by atoms with van der Waals surface area (Å²) in [4.78, 5) is 3.85. The van der Waals surface area contributed by atoms with Crippen molar-refractivity contribution in [2.45, 2.75) is 12.3 Å². The van der Waals surface area contributed by atoms with Crippen LogP contribution in [0.4, 0.5) is 8.78 Å². The van der Waals surface area contributed by atoms with E-state index >= 15 is 0 Å². The van der Waals surface area contributed by atoms with Gasteiger partial charge in [-0.3, -0.25) is 10.0 Å². The number of hydrogen-bond acceptors (Lipinski definition) is 3. The SMILES string of the molecule is CN=C(COCC1CC1(F)F)N(C)N. The summed E-state index contributed by atoms with van der Waals surface area (Å²) in [6.45, 7) is 0.246. The maximum absolute atomic E-state index is 12.4. The molecule has 1 saturated carbocycles. The molecule has 0 amide bonds. The van der Waals surface area contributed by atoms with Crippen LogP contribution in [0.15, 0.2) is 4.99 Å². The standard InChI is InChI=1S/C8H15F2N3O/c1-12-7(13(2)11)5-14-4-6-3-8(6,9)10/h6H,3-5,11H2,1-2H3. The first kappa shape index (κ1) is 11.3. The largest absolute Gasteiger partial charge is 0.373 e. The predicted octanol–water partition coefficient (Wildman–Crippen LogP) is 0.492. The lowest BCUT2D eigenvalue weighted by molar-refractivity contribution is 0.0637. The van der Waals surface area contributed by atoms with Crippen molar-refractivity contribution < 1.29 is 13.5 Å².